The summed E-state index contributed by atoms with van der Waals surface area (Å²) in [6.45, 7) is 11.9. The molecule has 2 bridgehead atoms. The highest BCUT2D eigenvalue weighted by Gasteiger charge is 2.78. The van der Waals surface area contributed by atoms with E-state index in [0.29, 0.717) is 24.2 Å². The summed E-state index contributed by atoms with van der Waals surface area (Å²) in [5.74, 6) is -6.42. The number of esters is 4. The number of fused-ring (bicyclic) bond motifs is 5. The third kappa shape index (κ3) is 7.53. The fourth-order valence-electron chi connectivity index (χ4n) is 9.80. The normalized spacial score (nSPS) is 33.8. The second-order valence-corrected chi connectivity index (χ2v) is 17.8. The largest absolute Gasteiger partial charge is 0.497 e. The highest BCUT2D eigenvalue weighted by molar-refractivity contribution is 5.96. The van der Waals surface area contributed by atoms with Gasteiger partial charge in [-0.1, -0.05) is 38.5 Å². The lowest BCUT2D eigenvalue weighted by molar-refractivity contribution is -0.346. The Morgan fingerprint density at radius 2 is 1.73 bits per heavy atom. The van der Waals surface area contributed by atoms with E-state index in [2.05, 4.69) is 5.32 Å². The Bertz CT molecular complexity index is 2000. The Morgan fingerprint density at radius 1 is 1.05 bits per heavy atom. The molecule has 1 aromatic rings. The summed E-state index contributed by atoms with van der Waals surface area (Å²) in [6, 6.07) is 4.83. The molecule has 1 saturated heterocycles. The monoisotopic (exact) mass is 839 g/mol. The van der Waals surface area contributed by atoms with Gasteiger partial charge in [-0.25, -0.2) is 9.59 Å². The van der Waals surface area contributed by atoms with Crippen LogP contribution >= 0.6 is 0 Å². The molecule has 0 aromatic heterocycles. The molecule has 0 spiro atoms. The number of Topliss-reactive ketones (excluding diaryl/α,β-unsaturated/α-hetero) is 1. The number of ketones is 1. The molecule has 1 aliphatic heterocycles. The lowest BCUT2D eigenvalue weighted by Gasteiger charge is -2.67. The molecule has 5 aliphatic rings. The number of hydrogen-bond donors (Lipinski definition) is 4. The van der Waals surface area contributed by atoms with Crippen LogP contribution in [0.3, 0.4) is 0 Å². The van der Waals surface area contributed by atoms with Crippen molar-refractivity contribution in [2.75, 3.05) is 13.7 Å². The summed E-state index contributed by atoms with van der Waals surface area (Å²) >= 11 is 0. The topological polar surface area (TPSA) is 231 Å². The standard InChI is InChI=1S/C44H57NO15/c1-10-31(48)58-34-32-22(4)28(57-40(53)33(49)27(16-21(2)3)45-38(51)24-14-15-24)19-44(54,41(32,6)7)37(59-39(52)25-12-11-13-26(17-25)55-9)35-42(8,36(34)50)29(47)18-30-43(35,20-56-30)60-23(5)46/h11-13,16-17,24,27-30,33-35,37,47,49,54H,10,14-15,18-20H2,1-9H3,(H,45,51)/t27-,28-,29-,30+,33+,34+,35-,37-,42+,43-,44+/m0/s1. The van der Waals surface area contributed by atoms with Gasteiger partial charge >= 0.3 is 23.9 Å². The zero-order valence-electron chi connectivity index (χ0n) is 35.6. The van der Waals surface area contributed by atoms with E-state index in [-0.39, 0.29) is 48.0 Å². The van der Waals surface area contributed by atoms with E-state index in [1.54, 1.807) is 39.8 Å². The van der Waals surface area contributed by atoms with Crippen molar-refractivity contribution in [2.45, 2.75) is 141 Å². The van der Waals surface area contributed by atoms with Crippen molar-refractivity contribution in [3.05, 3.63) is 52.6 Å². The van der Waals surface area contributed by atoms with Crippen LogP contribution < -0.4 is 10.1 Å². The van der Waals surface area contributed by atoms with Crippen LogP contribution in [0.2, 0.25) is 0 Å². The molecular formula is C44H57NO15. The quantitative estimate of drug-likeness (QED) is 0.135. The first-order chi connectivity index (χ1) is 28.1. The van der Waals surface area contributed by atoms with Gasteiger partial charge in [-0.05, 0) is 69.9 Å². The van der Waals surface area contributed by atoms with Gasteiger partial charge in [0.2, 0.25) is 5.91 Å². The lowest BCUT2D eigenvalue weighted by atomic mass is 9.44. The van der Waals surface area contributed by atoms with E-state index >= 15 is 4.79 Å². The third-order valence-electron chi connectivity index (χ3n) is 13.3. The van der Waals surface area contributed by atoms with E-state index in [9.17, 15) is 39.3 Å². The molecule has 1 aromatic carbocycles. The van der Waals surface area contributed by atoms with Crippen LogP contribution in [0.15, 0.2) is 47.1 Å². The van der Waals surface area contributed by atoms with Crippen LogP contribution in [0.4, 0.5) is 0 Å². The zero-order valence-corrected chi connectivity index (χ0v) is 35.6. The van der Waals surface area contributed by atoms with Crippen LogP contribution in [0, 0.1) is 22.7 Å². The van der Waals surface area contributed by atoms with Gasteiger partial charge in [0.25, 0.3) is 0 Å². The van der Waals surface area contributed by atoms with Crippen molar-refractivity contribution < 1.29 is 72.5 Å². The predicted octanol–water partition coefficient (Wildman–Crippen LogP) is 2.82. The van der Waals surface area contributed by atoms with E-state index in [0.717, 1.165) is 6.92 Å². The smallest absolute Gasteiger partial charge is 0.338 e. The Hall–Kier alpha value is -4.64. The highest BCUT2D eigenvalue weighted by Crippen LogP contribution is 2.64. The van der Waals surface area contributed by atoms with Crippen LogP contribution in [-0.2, 0) is 47.7 Å². The van der Waals surface area contributed by atoms with Gasteiger partial charge in [-0.3, -0.25) is 19.2 Å². The number of amides is 1. The van der Waals surface area contributed by atoms with Gasteiger partial charge in [0, 0.05) is 37.5 Å². The maximum absolute atomic E-state index is 15.5. The van der Waals surface area contributed by atoms with E-state index in [4.69, 9.17) is 28.4 Å². The van der Waals surface area contributed by atoms with E-state index in [1.165, 1.54) is 46.1 Å². The maximum atomic E-state index is 15.5. The molecule has 3 saturated carbocycles. The molecule has 4 aliphatic carbocycles. The third-order valence-corrected chi connectivity index (χ3v) is 13.3. The van der Waals surface area contributed by atoms with Crippen molar-refractivity contribution in [1.29, 1.82) is 0 Å². The maximum Gasteiger partial charge on any atom is 0.338 e. The number of benzene rings is 1. The van der Waals surface area contributed by atoms with Gasteiger partial charge in [0.1, 0.15) is 29.7 Å². The number of nitrogens with one attached hydrogen (secondary N) is 1. The predicted molar refractivity (Wildman–Crippen MR) is 210 cm³/mol. The molecule has 11 atom stereocenters. The van der Waals surface area contributed by atoms with Crippen molar-refractivity contribution in [1.82, 2.24) is 5.32 Å². The minimum absolute atomic E-state index is 0.00712. The number of carbonyl (C=O) groups excluding carboxylic acids is 6. The number of hydrogen-bond acceptors (Lipinski definition) is 15. The zero-order chi connectivity index (χ0) is 44.3. The summed E-state index contributed by atoms with van der Waals surface area (Å²) in [7, 11) is 1.41. The molecule has 60 heavy (non-hydrogen) atoms. The average Bonchev–Trinajstić information content (AvgIpc) is 4.04. The second-order valence-electron chi connectivity index (χ2n) is 17.8. The number of allylic oxidation sites excluding steroid dienone is 1. The van der Waals surface area contributed by atoms with E-state index < -0.39 is 107 Å². The highest BCUT2D eigenvalue weighted by atomic mass is 16.6. The Labute approximate surface area is 348 Å². The number of ether oxygens (including phenoxy) is 6. The Morgan fingerprint density at radius 3 is 2.30 bits per heavy atom. The molecule has 328 valence electrons. The van der Waals surface area contributed by atoms with Crippen molar-refractivity contribution in [3.63, 3.8) is 0 Å². The van der Waals surface area contributed by atoms with Crippen LogP contribution in [0.5, 0.6) is 5.75 Å². The average molecular weight is 840 g/mol. The first-order valence-corrected chi connectivity index (χ1v) is 20.4. The van der Waals surface area contributed by atoms with Crippen molar-refractivity contribution >= 4 is 35.6 Å². The number of rotatable bonds is 12. The minimum atomic E-state index is -2.39. The van der Waals surface area contributed by atoms with Gasteiger partial charge in [0.05, 0.1) is 42.8 Å². The summed E-state index contributed by atoms with van der Waals surface area (Å²) in [6.07, 6.45) is -7.66. The molecule has 4 fully saturated rings. The number of carbonyl (C=O) groups is 6. The van der Waals surface area contributed by atoms with Crippen LogP contribution in [0.25, 0.3) is 0 Å². The van der Waals surface area contributed by atoms with Gasteiger partial charge in [-0.2, -0.15) is 0 Å². The molecule has 4 N–H and O–H groups in total. The molecule has 1 amide bonds. The number of aliphatic hydroxyl groups is 3. The SMILES string of the molecule is CCC(=O)O[C@H]1C(=O)[C@@]2(C)[C@H]([C@H](OC(=O)c3cccc(OC)c3)[C@]3(O)C[C@H](OC(=O)[C@H](O)[C@H](C=C(C)C)NC(=O)C4CC4)C(C)=C1C3(C)C)[C@]1(OC(C)=O)CO[C@@H]1C[C@@H]2O. The van der Waals surface area contributed by atoms with Gasteiger partial charge in [0.15, 0.2) is 23.6 Å². The van der Waals surface area contributed by atoms with Crippen molar-refractivity contribution in [2.24, 2.45) is 22.7 Å². The fraction of sp³-hybridized carbons (Fsp3) is 0.636. The molecule has 1 heterocycles. The minimum Gasteiger partial charge on any atom is -0.497 e. The van der Waals surface area contributed by atoms with Gasteiger partial charge < -0.3 is 49.1 Å². The summed E-state index contributed by atoms with van der Waals surface area (Å²) < 4.78 is 35.7. The molecule has 16 heteroatoms. The number of aliphatic hydroxyl groups excluding tert-OH is 2. The second kappa shape index (κ2) is 16.3. The van der Waals surface area contributed by atoms with Gasteiger partial charge in [-0.15, -0.1) is 0 Å². The molecular weight excluding hydrogens is 782 g/mol. The molecule has 16 nitrogen and oxygen atoms in total. The Balaban J connectivity index is 1.57. The van der Waals surface area contributed by atoms with E-state index in [1.807, 2.05) is 0 Å². The first-order valence-electron chi connectivity index (χ1n) is 20.4. The number of methoxy groups -OCH3 is 1. The molecule has 0 radical (unpaired) electrons. The molecule has 6 rings (SSSR count). The van der Waals surface area contributed by atoms with Crippen LogP contribution in [0.1, 0.15) is 97.9 Å². The summed E-state index contributed by atoms with van der Waals surface area (Å²) in [4.78, 5) is 83.1. The molecule has 0 unspecified atom stereocenters. The fourth-order valence-corrected chi connectivity index (χ4v) is 9.80. The summed E-state index contributed by atoms with van der Waals surface area (Å²) in [5, 5.41) is 39.9. The first kappa shape index (κ1) is 44.9. The Kier molecular flexibility index (Phi) is 12.2. The van der Waals surface area contributed by atoms with Crippen LogP contribution in [-0.4, -0.2) is 118 Å². The van der Waals surface area contributed by atoms with Crippen molar-refractivity contribution in [3.8, 4) is 5.75 Å². The lowest BCUT2D eigenvalue weighted by Crippen LogP contribution is -2.82. The summed E-state index contributed by atoms with van der Waals surface area (Å²) in [5.41, 5.74) is -6.99.